The van der Waals surface area contributed by atoms with E-state index in [0.29, 0.717) is 30.1 Å². The second kappa shape index (κ2) is 7.15. The van der Waals surface area contributed by atoms with Crippen molar-refractivity contribution in [3.8, 4) is 11.1 Å². The minimum atomic E-state index is -0.974. The van der Waals surface area contributed by atoms with E-state index >= 15 is 0 Å². The minimum Gasteiger partial charge on any atom is -0.480 e. The van der Waals surface area contributed by atoms with E-state index in [1.165, 1.54) is 4.90 Å². The molecule has 1 aliphatic heterocycles. The number of anilines is 1. The molecule has 0 spiro atoms. The number of likely N-dealkylation sites (tertiary alicyclic amines) is 1. The van der Waals surface area contributed by atoms with Crippen LogP contribution in [0.25, 0.3) is 11.1 Å². The number of benzene rings is 2. The van der Waals surface area contributed by atoms with Gasteiger partial charge in [-0.3, -0.25) is 0 Å². The molecule has 3 rings (SSSR count). The van der Waals surface area contributed by atoms with E-state index in [4.69, 9.17) is 11.6 Å². The van der Waals surface area contributed by atoms with Crippen LogP contribution in [0, 0.1) is 6.92 Å². The maximum Gasteiger partial charge on any atom is 0.326 e. The summed E-state index contributed by atoms with van der Waals surface area (Å²) in [6.07, 6.45) is 1.16. The van der Waals surface area contributed by atoms with Gasteiger partial charge in [0.2, 0.25) is 0 Å². The summed E-state index contributed by atoms with van der Waals surface area (Å²) in [5.41, 5.74) is 3.49. The van der Waals surface area contributed by atoms with E-state index in [1.807, 2.05) is 37.3 Å². The van der Waals surface area contributed by atoms with Crippen LogP contribution in [0.2, 0.25) is 5.02 Å². The Labute approximate surface area is 151 Å². The molecule has 0 radical (unpaired) electrons. The van der Waals surface area contributed by atoms with Gasteiger partial charge in [-0.15, -0.1) is 0 Å². The third-order valence-corrected chi connectivity index (χ3v) is 4.69. The van der Waals surface area contributed by atoms with E-state index in [-0.39, 0.29) is 0 Å². The molecule has 1 saturated heterocycles. The molecule has 6 heteroatoms. The Hall–Kier alpha value is -2.53. The number of rotatable bonds is 3. The average molecular weight is 359 g/mol. The number of carbonyl (C=O) groups excluding carboxylic acids is 1. The van der Waals surface area contributed by atoms with Gasteiger partial charge in [-0.1, -0.05) is 41.9 Å². The van der Waals surface area contributed by atoms with Gasteiger partial charge in [0.15, 0.2) is 0 Å². The lowest BCUT2D eigenvalue weighted by atomic mass is 9.99. The van der Waals surface area contributed by atoms with Gasteiger partial charge < -0.3 is 15.3 Å². The van der Waals surface area contributed by atoms with Crippen molar-refractivity contribution in [2.75, 3.05) is 11.9 Å². The van der Waals surface area contributed by atoms with Gasteiger partial charge in [0.25, 0.3) is 0 Å². The van der Waals surface area contributed by atoms with Crippen molar-refractivity contribution in [1.82, 2.24) is 4.90 Å². The molecule has 0 saturated carbocycles. The number of aryl methyl sites for hydroxylation is 1. The highest BCUT2D eigenvalue weighted by atomic mass is 35.5. The first-order valence-electron chi connectivity index (χ1n) is 8.13. The molecule has 1 aliphatic rings. The SMILES string of the molecule is Cc1ccccc1-c1ccc(Cl)cc1NC(=O)N1CCC[C@@H]1C(=O)O. The lowest BCUT2D eigenvalue weighted by Gasteiger charge is -2.23. The maximum atomic E-state index is 12.6. The molecule has 0 aromatic heterocycles. The molecule has 2 aromatic rings. The summed E-state index contributed by atoms with van der Waals surface area (Å²) in [6, 6.07) is 12.0. The van der Waals surface area contributed by atoms with Crippen LogP contribution in [0.3, 0.4) is 0 Å². The Morgan fingerprint density at radius 1 is 1.20 bits per heavy atom. The first-order valence-corrected chi connectivity index (χ1v) is 8.51. The molecular weight excluding hydrogens is 340 g/mol. The second-order valence-corrected chi connectivity index (χ2v) is 6.56. The number of urea groups is 1. The number of nitrogens with zero attached hydrogens (tertiary/aromatic N) is 1. The third kappa shape index (κ3) is 3.61. The molecule has 1 fully saturated rings. The van der Waals surface area contributed by atoms with Crippen molar-refractivity contribution in [2.45, 2.75) is 25.8 Å². The number of amides is 2. The third-order valence-electron chi connectivity index (χ3n) is 4.46. The van der Waals surface area contributed by atoms with E-state index in [0.717, 1.165) is 16.7 Å². The zero-order valence-corrected chi connectivity index (χ0v) is 14.6. The zero-order chi connectivity index (χ0) is 18.0. The van der Waals surface area contributed by atoms with E-state index in [9.17, 15) is 14.7 Å². The van der Waals surface area contributed by atoms with Crippen LogP contribution < -0.4 is 5.32 Å². The highest BCUT2D eigenvalue weighted by Crippen LogP contribution is 2.33. The van der Waals surface area contributed by atoms with Crippen LogP contribution in [0.4, 0.5) is 10.5 Å². The van der Waals surface area contributed by atoms with Gasteiger partial charge >= 0.3 is 12.0 Å². The van der Waals surface area contributed by atoms with Gasteiger partial charge in [-0.05, 0) is 43.0 Å². The lowest BCUT2D eigenvalue weighted by Crippen LogP contribution is -2.42. The highest BCUT2D eigenvalue weighted by Gasteiger charge is 2.34. The topological polar surface area (TPSA) is 69.6 Å². The summed E-state index contributed by atoms with van der Waals surface area (Å²) in [6.45, 7) is 2.43. The maximum absolute atomic E-state index is 12.6. The number of nitrogens with one attached hydrogen (secondary N) is 1. The van der Waals surface area contributed by atoms with Crippen molar-refractivity contribution in [1.29, 1.82) is 0 Å². The summed E-state index contributed by atoms with van der Waals surface area (Å²) < 4.78 is 0. The zero-order valence-electron chi connectivity index (χ0n) is 13.8. The van der Waals surface area contributed by atoms with Crippen LogP contribution >= 0.6 is 11.6 Å². The lowest BCUT2D eigenvalue weighted by molar-refractivity contribution is -0.141. The Bertz CT molecular complexity index is 822. The fourth-order valence-corrected chi connectivity index (χ4v) is 3.36. The number of aliphatic carboxylic acids is 1. The largest absolute Gasteiger partial charge is 0.480 e. The number of carbonyl (C=O) groups is 2. The van der Waals surface area contributed by atoms with Crippen molar-refractivity contribution in [3.05, 3.63) is 53.1 Å². The highest BCUT2D eigenvalue weighted by molar-refractivity contribution is 6.31. The van der Waals surface area contributed by atoms with Crippen molar-refractivity contribution in [2.24, 2.45) is 0 Å². The second-order valence-electron chi connectivity index (χ2n) is 6.12. The standard InChI is InChI=1S/C19H19ClN2O3/c1-12-5-2-3-6-14(12)15-9-8-13(20)11-16(15)21-19(25)22-10-4-7-17(22)18(23)24/h2-3,5-6,8-9,11,17H,4,7,10H2,1H3,(H,21,25)(H,23,24)/t17-/m1/s1. The number of hydrogen-bond acceptors (Lipinski definition) is 2. The van der Waals surface area contributed by atoms with Gasteiger partial charge in [0, 0.05) is 17.1 Å². The average Bonchev–Trinajstić information content (AvgIpc) is 3.06. The molecule has 2 amide bonds. The number of carboxylic acids is 1. The Kier molecular flexibility index (Phi) is 4.95. The Morgan fingerprint density at radius 3 is 2.68 bits per heavy atom. The smallest absolute Gasteiger partial charge is 0.326 e. The monoisotopic (exact) mass is 358 g/mol. The van der Waals surface area contributed by atoms with Gasteiger partial charge in [0.1, 0.15) is 6.04 Å². The predicted octanol–water partition coefficient (Wildman–Crippen LogP) is 4.40. The molecule has 1 heterocycles. The quantitative estimate of drug-likeness (QED) is 0.854. The molecule has 130 valence electrons. The van der Waals surface area contributed by atoms with Crippen molar-refractivity contribution < 1.29 is 14.7 Å². The van der Waals surface area contributed by atoms with Crippen molar-refractivity contribution in [3.63, 3.8) is 0 Å². The number of hydrogen-bond donors (Lipinski definition) is 2. The normalized spacial score (nSPS) is 16.7. The number of carboxylic acid groups (broad SMARTS) is 1. The minimum absolute atomic E-state index is 0.415. The summed E-state index contributed by atoms with van der Waals surface area (Å²) in [5, 5.41) is 12.6. The fraction of sp³-hybridized carbons (Fsp3) is 0.263. The molecule has 5 nitrogen and oxygen atoms in total. The van der Waals surface area contributed by atoms with Crippen LogP contribution in [0.15, 0.2) is 42.5 Å². The Morgan fingerprint density at radius 2 is 1.96 bits per heavy atom. The van der Waals surface area contributed by atoms with E-state index in [2.05, 4.69) is 5.32 Å². The van der Waals surface area contributed by atoms with E-state index in [1.54, 1.807) is 12.1 Å². The molecule has 25 heavy (non-hydrogen) atoms. The molecule has 2 aromatic carbocycles. The van der Waals surface area contributed by atoms with Gasteiger partial charge in [-0.25, -0.2) is 9.59 Å². The van der Waals surface area contributed by atoms with E-state index < -0.39 is 18.0 Å². The van der Waals surface area contributed by atoms with Crippen LogP contribution in [-0.4, -0.2) is 34.6 Å². The summed E-state index contributed by atoms with van der Waals surface area (Å²) >= 11 is 6.11. The first kappa shape index (κ1) is 17.3. The van der Waals surface area contributed by atoms with Gasteiger partial charge in [-0.2, -0.15) is 0 Å². The molecule has 2 N–H and O–H groups in total. The Balaban J connectivity index is 1.92. The molecule has 0 bridgehead atoms. The summed E-state index contributed by atoms with van der Waals surface area (Å²) in [7, 11) is 0. The predicted molar refractivity (Wildman–Crippen MR) is 98.0 cm³/mol. The van der Waals surface area contributed by atoms with Crippen LogP contribution in [-0.2, 0) is 4.79 Å². The van der Waals surface area contributed by atoms with Crippen LogP contribution in [0.1, 0.15) is 18.4 Å². The van der Waals surface area contributed by atoms with Gasteiger partial charge in [0.05, 0.1) is 5.69 Å². The summed E-state index contributed by atoms with van der Waals surface area (Å²) in [5.74, 6) is -0.974. The first-order chi connectivity index (χ1) is 12.0. The fourth-order valence-electron chi connectivity index (χ4n) is 3.18. The molecule has 0 aliphatic carbocycles. The molecule has 1 atom stereocenters. The molecular formula is C19H19ClN2O3. The van der Waals surface area contributed by atoms with Crippen molar-refractivity contribution >= 4 is 29.3 Å². The number of halogens is 1. The van der Waals surface area contributed by atoms with Crippen LogP contribution in [0.5, 0.6) is 0 Å². The summed E-state index contributed by atoms with van der Waals surface area (Å²) in [4.78, 5) is 25.3. The molecule has 0 unspecified atom stereocenters.